The number of alkyl halides is 2. The summed E-state index contributed by atoms with van der Waals surface area (Å²) in [6.07, 6.45) is -2.19. The third-order valence-electron chi connectivity index (χ3n) is 6.14. The number of benzene rings is 2. The van der Waals surface area contributed by atoms with Crippen LogP contribution in [-0.4, -0.2) is 44.1 Å². The van der Waals surface area contributed by atoms with E-state index in [9.17, 15) is 13.6 Å². The Bertz CT molecular complexity index is 907. The molecule has 166 valence electrons. The van der Waals surface area contributed by atoms with Gasteiger partial charge in [0.15, 0.2) is 0 Å². The maximum Gasteiger partial charge on any atom is 0.263 e. The second-order valence-electron chi connectivity index (χ2n) is 8.56. The summed E-state index contributed by atoms with van der Waals surface area (Å²) in [5.74, 6) is -0.0877. The van der Waals surface area contributed by atoms with Gasteiger partial charge in [0.2, 0.25) is 5.91 Å². The minimum Gasteiger partial charge on any atom is -0.378 e. The molecule has 3 unspecified atom stereocenters. The Morgan fingerprint density at radius 2 is 1.97 bits per heavy atom. The number of hydrogen-bond donors (Lipinski definition) is 2. The highest BCUT2D eigenvalue weighted by Crippen LogP contribution is 2.50. The van der Waals surface area contributed by atoms with Crippen LogP contribution in [0.15, 0.2) is 48.5 Å². The van der Waals surface area contributed by atoms with Crippen molar-refractivity contribution in [3.8, 4) is 0 Å². The predicted octanol–water partition coefficient (Wildman–Crippen LogP) is 4.31. The van der Waals surface area contributed by atoms with Gasteiger partial charge in [0.25, 0.3) is 6.43 Å². The van der Waals surface area contributed by atoms with E-state index in [0.717, 1.165) is 24.2 Å². The Labute approximate surface area is 181 Å². The molecular weight excluding hydrogens is 400 g/mol. The van der Waals surface area contributed by atoms with E-state index >= 15 is 0 Å². The highest BCUT2D eigenvalue weighted by Gasteiger charge is 2.44. The van der Waals surface area contributed by atoms with Crippen LogP contribution in [0.4, 0.5) is 14.5 Å². The van der Waals surface area contributed by atoms with Gasteiger partial charge in [-0.3, -0.25) is 4.79 Å². The fourth-order valence-electron chi connectivity index (χ4n) is 4.55. The van der Waals surface area contributed by atoms with E-state index in [1.807, 2.05) is 37.2 Å². The zero-order chi connectivity index (χ0) is 22.0. The number of ether oxygens (including phenoxy) is 1. The van der Waals surface area contributed by atoms with Gasteiger partial charge in [-0.05, 0) is 44.6 Å². The van der Waals surface area contributed by atoms with E-state index in [-0.39, 0.29) is 23.4 Å². The molecule has 0 aliphatic carbocycles. The van der Waals surface area contributed by atoms with Gasteiger partial charge in [0.1, 0.15) is 6.10 Å². The smallest absolute Gasteiger partial charge is 0.263 e. The summed E-state index contributed by atoms with van der Waals surface area (Å²) in [4.78, 5) is 14.7. The number of anilines is 1. The van der Waals surface area contributed by atoms with E-state index in [4.69, 9.17) is 4.74 Å². The number of nitrogens with one attached hydrogen (secondary N) is 2. The summed E-state index contributed by atoms with van der Waals surface area (Å²) < 4.78 is 33.1. The number of amides is 1. The van der Waals surface area contributed by atoms with Crippen molar-refractivity contribution in [3.05, 3.63) is 65.2 Å². The fraction of sp³-hybridized carbons (Fsp3) is 0.458. The molecule has 31 heavy (non-hydrogen) atoms. The standard InChI is InChI=1S/C24H29F2N3O2/c1-29(2)13-12-27-24(30)20-11-9-17-21(15-6-4-3-5-7-15)28-19-10-8-16(23(25)26)14-18(19)22(17)31-20/h3-8,10,14,17,20-23,28H,9,11-13H2,1-2H3,(H,27,30)/t17?,20?,21-,22?/m0/s1. The summed E-state index contributed by atoms with van der Waals surface area (Å²) in [6, 6.07) is 14.8. The molecule has 2 aromatic carbocycles. The lowest BCUT2D eigenvalue weighted by Crippen LogP contribution is -2.46. The maximum atomic E-state index is 13.4. The molecule has 2 aromatic rings. The molecule has 2 aliphatic rings. The minimum absolute atomic E-state index is 0.00569. The largest absolute Gasteiger partial charge is 0.378 e. The minimum atomic E-state index is -2.55. The number of carbonyl (C=O) groups is 1. The molecular formula is C24H29F2N3O2. The first kappa shape index (κ1) is 21.7. The Morgan fingerprint density at radius 3 is 2.68 bits per heavy atom. The molecule has 7 heteroatoms. The number of likely N-dealkylation sites (N-methyl/N-ethyl adjacent to an activating group) is 1. The van der Waals surface area contributed by atoms with Crippen LogP contribution in [0.3, 0.4) is 0 Å². The van der Waals surface area contributed by atoms with Crippen LogP contribution in [-0.2, 0) is 9.53 Å². The van der Waals surface area contributed by atoms with Crippen LogP contribution in [0.5, 0.6) is 0 Å². The zero-order valence-corrected chi connectivity index (χ0v) is 17.9. The number of halogens is 2. The van der Waals surface area contributed by atoms with E-state index in [0.29, 0.717) is 18.5 Å². The third-order valence-corrected chi connectivity index (χ3v) is 6.14. The van der Waals surface area contributed by atoms with E-state index in [1.165, 1.54) is 12.1 Å². The molecule has 0 saturated carbocycles. The van der Waals surface area contributed by atoms with Gasteiger partial charge in [-0.2, -0.15) is 0 Å². The van der Waals surface area contributed by atoms with Crippen molar-refractivity contribution >= 4 is 11.6 Å². The van der Waals surface area contributed by atoms with E-state index in [2.05, 4.69) is 22.8 Å². The fourth-order valence-corrected chi connectivity index (χ4v) is 4.55. The number of hydrogen-bond acceptors (Lipinski definition) is 4. The number of nitrogens with zero attached hydrogens (tertiary/aromatic N) is 1. The molecule has 1 amide bonds. The highest BCUT2D eigenvalue weighted by molar-refractivity contribution is 5.81. The second kappa shape index (κ2) is 9.32. The van der Waals surface area contributed by atoms with Gasteiger partial charge in [-0.25, -0.2) is 8.78 Å². The van der Waals surface area contributed by atoms with Gasteiger partial charge in [-0.15, -0.1) is 0 Å². The average Bonchev–Trinajstić information content (AvgIpc) is 2.78. The van der Waals surface area contributed by atoms with Crippen LogP contribution >= 0.6 is 0 Å². The lowest BCUT2D eigenvalue weighted by atomic mass is 9.76. The molecule has 1 saturated heterocycles. The summed E-state index contributed by atoms with van der Waals surface area (Å²) in [5, 5.41) is 6.47. The topological polar surface area (TPSA) is 53.6 Å². The van der Waals surface area contributed by atoms with Crippen LogP contribution < -0.4 is 10.6 Å². The van der Waals surface area contributed by atoms with Crippen LogP contribution in [0.25, 0.3) is 0 Å². The molecule has 0 aromatic heterocycles. The third kappa shape index (κ3) is 4.72. The highest BCUT2D eigenvalue weighted by atomic mass is 19.3. The van der Waals surface area contributed by atoms with Gasteiger partial charge >= 0.3 is 0 Å². The van der Waals surface area contributed by atoms with Crippen molar-refractivity contribution in [2.24, 2.45) is 5.92 Å². The zero-order valence-electron chi connectivity index (χ0n) is 17.9. The molecule has 4 atom stereocenters. The molecule has 2 heterocycles. The Kier molecular flexibility index (Phi) is 6.53. The first-order chi connectivity index (χ1) is 14.9. The molecule has 2 aliphatic heterocycles. The Hall–Kier alpha value is -2.51. The predicted molar refractivity (Wildman–Crippen MR) is 116 cm³/mol. The van der Waals surface area contributed by atoms with Crippen molar-refractivity contribution in [1.29, 1.82) is 0 Å². The SMILES string of the molecule is CN(C)CCNC(=O)C1CCC2C(O1)c1cc(C(F)F)ccc1N[C@H]2c1ccccc1. The van der Waals surface area contributed by atoms with Crippen molar-refractivity contribution in [3.63, 3.8) is 0 Å². The molecule has 0 spiro atoms. The Morgan fingerprint density at radius 1 is 1.19 bits per heavy atom. The van der Waals surface area contributed by atoms with Crippen LogP contribution in [0.2, 0.25) is 0 Å². The van der Waals surface area contributed by atoms with Gasteiger partial charge < -0.3 is 20.3 Å². The molecule has 4 rings (SSSR count). The van der Waals surface area contributed by atoms with Crippen molar-refractivity contribution in [2.45, 2.75) is 37.5 Å². The first-order valence-corrected chi connectivity index (χ1v) is 10.8. The van der Waals surface area contributed by atoms with Crippen LogP contribution in [0.1, 0.15) is 48.1 Å². The quantitative estimate of drug-likeness (QED) is 0.719. The summed E-state index contributed by atoms with van der Waals surface area (Å²) in [6.45, 7) is 1.28. The van der Waals surface area contributed by atoms with Crippen molar-refractivity contribution in [2.75, 3.05) is 32.5 Å². The molecule has 1 fully saturated rings. The summed E-state index contributed by atoms with van der Waals surface area (Å²) in [5.41, 5.74) is 2.59. The average molecular weight is 430 g/mol. The Balaban J connectivity index is 1.61. The monoisotopic (exact) mass is 429 g/mol. The van der Waals surface area contributed by atoms with E-state index < -0.39 is 18.6 Å². The molecule has 0 bridgehead atoms. The van der Waals surface area contributed by atoms with Crippen molar-refractivity contribution < 1.29 is 18.3 Å². The van der Waals surface area contributed by atoms with Crippen molar-refractivity contribution in [1.82, 2.24) is 10.2 Å². The normalized spacial score (nSPS) is 25.0. The molecule has 0 radical (unpaired) electrons. The van der Waals surface area contributed by atoms with Gasteiger partial charge in [-0.1, -0.05) is 36.4 Å². The van der Waals surface area contributed by atoms with E-state index in [1.54, 1.807) is 6.07 Å². The lowest BCUT2D eigenvalue weighted by Gasteiger charge is -2.45. The molecule has 5 nitrogen and oxygen atoms in total. The van der Waals surface area contributed by atoms with Gasteiger partial charge in [0.05, 0.1) is 12.1 Å². The maximum absolute atomic E-state index is 13.4. The first-order valence-electron chi connectivity index (χ1n) is 10.8. The summed E-state index contributed by atoms with van der Waals surface area (Å²) >= 11 is 0. The van der Waals surface area contributed by atoms with Gasteiger partial charge in [0, 0.05) is 35.8 Å². The second-order valence-corrected chi connectivity index (χ2v) is 8.56. The number of fused-ring (bicyclic) bond motifs is 3. The van der Waals surface area contributed by atoms with Crippen LogP contribution in [0, 0.1) is 5.92 Å². The lowest BCUT2D eigenvalue weighted by molar-refractivity contribution is -0.149. The summed E-state index contributed by atoms with van der Waals surface area (Å²) in [7, 11) is 3.90. The number of carbonyl (C=O) groups excluding carboxylic acids is 1. The number of rotatable bonds is 6. The molecule has 2 N–H and O–H groups in total.